The van der Waals surface area contributed by atoms with Gasteiger partial charge in [0.1, 0.15) is 5.52 Å². The van der Waals surface area contributed by atoms with Gasteiger partial charge in [0.05, 0.1) is 45.5 Å². The largest absolute Gasteiger partial charge is 0.337 e. The summed E-state index contributed by atoms with van der Waals surface area (Å²) in [4.78, 5) is 21.2. The fourth-order valence-corrected chi connectivity index (χ4v) is 9.97. The Morgan fingerprint density at radius 2 is 1.91 bits per heavy atom. The number of hydrogen-bond acceptors (Lipinski definition) is 6. The van der Waals surface area contributed by atoms with Gasteiger partial charge in [0.15, 0.2) is 5.82 Å². The summed E-state index contributed by atoms with van der Waals surface area (Å²) in [5, 5.41) is 24.7. The van der Waals surface area contributed by atoms with Gasteiger partial charge >= 0.3 is 0 Å². The van der Waals surface area contributed by atoms with Gasteiger partial charge in [-0.05, 0) is 74.3 Å². The molecule has 3 saturated heterocycles. The molecule has 3 aromatic carbocycles. The average Bonchev–Trinajstić information content (AvgIpc) is 3.66. The van der Waals surface area contributed by atoms with Crippen molar-refractivity contribution in [1.29, 1.82) is 5.26 Å². The van der Waals surface area contributed by atoms with E-state index in [-0.39, 0.29) is 53.0 Å². The Hall–Kier alpha value is -4.82. The van der Waals surface area contributed by atoms with Crippen molar-refractivity contribution in [2.45, 2.75) is 76.0 Å². The van der Waals surface area contributed by atoms with Gasteiger partial charge in [-0.2, -0.15) is 5.26 Å². The van der Waals surface area contributed by atoms with Gasteiger partial charge < -0.3 is 14.8 Å². The highest BCUT2D eigenvalue weighted by Crippen LogP contribution is 2.52. The summed E-state index contributed by atoms with van der Waals surface area (Å²) in [7, 11) is 0. The Kier molecular flexibility index (Phi) is 8.47. The fourth-order valence-electron chi connectivity index (χ4n) is 9.57. The van der Waals surface area contributed by atoms with Gasteiger partial charge in [-0.1, -0.05) is 70.9 Å². The molecule has 0 spiro atoms. The predicted molar refractivity (Wildman–Crippen MR) is 210 cm³/mol. The molecule has 5 aliphatic rings. The van der Waals surface area contributed by atoms with Crippen molar-refractivity contribution in [3.8, 4) is 17.2 Å². The molecular weight excluding hydrogens is 734 g/mol. The molecule has 2 bridgehead atoms. The molecule has 5 atom stereocenters. The number of halogens is 3. The highest BCUT2D eigenvalue weighted by Gasteiger charge is 2.51. The number of aryl methyl sites for hydroxylation is 2. The van der Waals surface area contributed by atoms with Crippen molar-refractivity contribution >= 4 is 50.9 Å². The highest BCUT2D eigenvalue weighted by atomic mass is 35.5. The summed E-state index contributed by atoms with van der Waals surface area (Å²) in [6, 6.07) is 22.1. The minimum absolute atomic E-state index is 0.0442. The second-order valence-electron chi connectivity index (χ2n) is 15.8. The van der Waals surface area contributed by atoms with E-state index in [2.05, 4.69) is 49.4 Å². The maximum absolute atomic E-state index is 17.3. The molecule has 0 radical (unpaired) electrons. The van der Waals surface area contributed by atoms with Gasteiger partial charge in [0, 0.05) is 77.4 Å². The monoisotopic (exact) mass is 772 g/mol. The van der Waals surface area contributed by atoms with E-state index in [1.165, 1.54) is 5.56 Å². The van der Waals surface area contributed by atoms with Crippen LogP contribution in [0.3, 0.4) is 0 Å². The summed E-state index contributed by atoms with van der Waals surface area (Å²) in [5.74, 6) is 0.169. The molecule has 55 heavy (non-hydrogen) atoms. The number of fused-ring (bicyclic) bond motifs is 4. The van der Waals surface area contributed by atoms with Crippen LogP contribution in [0.4, 0.5) is 4.39 Å². The van der Waals surface area contributed by atoms with E-state index in [1.54, 1.807) is 18.2 Å². The lowest BCUT2D eigenvalue weighted by Crippen LogP contribution is -2.41. The number of amides is 1. The molecule has 3 aromatic heterocycles. The van der Waals surface area contributed by atoms with Crippen molar-refractivity contribution in [3.05, 3.63) is 111 Å². The molecule has 9 nitrogen and oxygen atoms in total. The van der Waals surface area contributed by atoms with Gasteiger partial charge in [0.2, 0.25) is 5.91 Å². The first-order valence-electron chi connectivity index (χ1n) is 19.2. The van der Waals surface area contributed by atoms with Crippen molar-refractivity contribution in [2.75, 3.05) is 13.1 Å². The highest BCUT2D eigenvalue weighted by molar-refractivity contribution is 6.43. The third-order valence-electron chi connectivity index (χ3n) is 12.4. The van der Waals surface area contributed by atoms with Gasteiger partial charge in [-0.3, -0.25) is 4.79 Å². The van der Waals surface area contributed by atoms with E-state index < -0.39 is 5.82 Å². The standard InChI is InChI=1S/C43H39Cl2FN8O/c1-23-31-19-36(35-18-29(22-52(35)43(55)25-12-13-25)53-21-28(50-51-53)15-24-7-3-2-4-8-24)54(41-27-17-34(41)48-20-27)42(31)32-16-26(9-6-14-47)37(39(46)40(32)49-23)30-10-5-11-33(44)38(30)45/h2-5,7-8,10-11,16,19,21,25,27,29,34-35,41,48H,6,9,12-13,15,17-18,20,22H2,1H3. The van der Waals surface area contributed by atoms with Crippen LogP contribution in [0.2, 0.25) is 10.0 Å². The zero-order chi connectivity index (χ0) is 37.5. The van der Waals surface area contributed by atoms with Crippen LogP contribution in [0.25, 0.3) is 32.9 Å². The lowest BCUT2D eigenvalue weighted by Gasteiger charge is -2.39. The van der Waals surface area contributed by atoms with E-state index >= 15 is 4.39 Å². The van der Waals surface area contributed by atoms with Crippen LogP contribution >= 0.6 is 23.2 Å². The van der Waals surface area contributed by atoms with Crippen LogP contribution in [0, 0.1) is 35.9 Å². The minimum atomic E-state index is -0.479. The molecular formula is C43H39Cl2FN8O. The molecule has 1 N–H and O–H groups in total. The Bertz CT molecular complexity index is 2540. The van der Waals surface area contributed by atoms with Gasteiger partial charge in [-0.25, -0.2) is 14.1 Å². The lowest BCUT2D eigenvalue weighted by atomic mass is 9.79. The van der Waals surface area contributed by atoms with Crippen LogP contribution in [0.15, 0.2) is 66.9 Å². The molecule has 1 amide bonds. The van der Waals surface area contributed by atoms with Gasteiger partial charge in [-0.15, -0.1) is 5.10 Å². The molecule has 6 aromatic rings. The van der Waals surface area contributed by atoms with Crippen LogP contribution in [0.5, 0.6) is 0 Å². The first-order chi connectivity index (χ1) is 26.8. The molecule has 278 valence electrons. The number of aromatic nitrogens is 5. The predicted octanol–water partition coefficient (Wildman–Crippen LogP) is 8.71. The maximum Gasteiger partial charge on any atom is 0.226 e. The molecule has 12 heteroatoms. The number of carbonyl (C=O) groups excluding carboxylic acids is 1. The minimum Gasteiger partial charge on any atom is -0.337 e. The molecule has 5 unspecified atom stereocenters. The van der Waals surface area contributed by atoms with Crippen LogP contribution in [-0.2, 0) is 17.6 Å². The number of hydrogen-bond donors (Lipinski definition) is 1. The Balaban J connectivity index is 1.15. The number of rotatable bonds is 9. The fraction of sp³-hybridized carbons (Fsp3) is 0.372. The molecule has 3 aliphatic heterocycles. The van der Waals surface area contributed by atoms with E-state index in [1.807, 2.05) is 42.1 Å². The smallest absolute Gasteiger partial charge is 0.226 e. The number of likely N-dealkylation sites (tertiary alicyclic amines) is 1. The molecule has 11 rings (SSSR count). The summed E-state index contributed by atoms with van der Waals surface area (Å²) in [6.45, 7) is 3.39. The summed E-state index contributed by atoms with van der Waals surface area (Å²) < 4.78 is 21.7. The number of nitrogens with zero attached hydrogens (tertiary/aromatic N) is 7. The number of nitrogens with one attached hydrogen (secondary N) is 1. The van der Waals surface area contributed by atoms with Crippen molar-refractivity contribution in [1.82, 2.24) is 34.8 Å². The third-order valence-corrected chi connectivity index (χ3v) is 13.2. The van der Waals surface area contributed by atoms with Crippen LogP contribution in [0.1, 0.15) is 78.4 Å². The van der Waals surface area contributed by atoms with Gasteiger partial charge in [0.25, 0.3) is 0 Å². The first-order valence-corrected chi connectivity index (χ1v) is 20.0. The van der Waals surface area contributed by atoms with E-state index in [0.29, 0.717) is 64.5 Å². The number of pyridine rings is 1. The third kappa shape index (κ3) is 5.73. The molecule has 5 fully saturated rings. The summed E-state index contributed by atoms with van der Waals surface area (Å²) >= 11 is 13.2. The van der Waals surface area contributed by atoms with E-state index in [4.69, 9.17) is 28.2 Å². The Morgan fingerprint density at radius 1 is 1.07 bits per heavy atom. The number of carbonyl (C=O) groups is 1. The Morgan fingerprint density at radius 3 is 2.65 bits per heavy atom. The van der Waals surface area contributed by atoms with Crippen LogP contribution in [-0.4, -0.2) is 54.5 Å². The topological polar surface area (TPSA) is 105 Å². The quantitative estimate of drug-likeness (QED) is 0.158. The van der Waals surface area contributed by atoms with Crippen molar-refractivity contribution in [2.24, 2.45) is 11.8 Å². The average molecular weight is 774 g/mol. The summed E-state index contributed by atoms with van der Waals surface area (Å²) in [5.41, 5.74) is 6.49. The molecule has 2 saturated carbocycles. The maximum atomic E-state index is 17.3. The zero-order valence-corrected chi connectivity index (χ0v) is 31.9. The summed E-state index contributed by atoms with van der Waals surface area (Å²) in [6.07, 6.45) is 6.83. The Labute approximate surface area is 328 Å². The molecule has 6 heterocycles. The van der Waals surface area contributed by atoms with E-state index in [9.17, 15) is 10.1 Å². The second-order valence-corrected chi connectivity index (χ2v) is 16.6. The molecule has 2 aliphatic carbocycles. The number of benzene rings is 3. The lowest BCUT2D eigenvalue weighted by molar-refractivity contribution is -0.133. The van der Waals surface area contributed by atoms with Crippen LogP contribution < -0.4 is 5.32 Å². The van der Waals surface area contributed by atoms with E-state index in [0.717, 1.165) is 48.1 Å². The normalized spacial score (nSPS) is 23.1. The zero-order valence-electron chi connectivity index (χ0n) is 30.4. The first kappa shape index (κ1) is 34.7. The van der Waals surface area contributed by atoms with Crippen molar-refractivity contribution in [3.63, 3.8) is 0 Å². The van der Waals surface area contributed by atoms with Crippen molar-refractivity contribution < 1.29 is 9.18 Å². The second kappa shape index (κ2) is 13.4. The SMILES string of the molecule is Cc1nc2c(F)c(-c3cccc(Cl)c3Cl)c(CCC#N)cc2c2c1cc(C1CC(n3cc(Cc4ccccc4)nn3)CN1C(=O)C1CC1)n2C1C2CNC1C2. The number of nitriles is 1.